The van der Waals surface area contributed by atoms with E-state index in [-0.39, 0.29) is 0 Å². The second kappa shape index (κ2) is 5.36. The molecule has 2 aromatic carbocycles. The Balaban J connectivity index is 1.51. The van der Waals surface area contributed by atoms with E-state index in [2.05, 4.69) is 59.6 Å². The van der Waals surface area contributed by atoms with Gasteiger partial charge in [0.2, 0.25) is 5.90 Å². The number of ether oxygens (including phenoxy) is 1. The van der Waals surface area contributed by atoms with E-state index in [0.717, 1.165) is 37.3 Å². The van der Waals surface area contributed by atoms with Crippen molar-refractivity contribution in [1.82, 2.24) is 0 Å². The lowest BCUT2D eigenvalue weighted by Gasteiger charge is -2.09. The maximum Gasteiger partial charge on any atom is 0.216 e. The highest BCUT2D eigenvalue weighted by atomic mass is 16.5. The molecular weight excluding hydrogens is 258 g/mol. The molecule has 2 aromatic rings. The number of aliphatic imine (C=N–C) groups is 1. The van der Waals surface area contributed by atoms with Crippen molar-refractivity contribution in [3.05, 3.63) is 71.3 Å². The van der Waals surface area contributed by atoms with Crippen molar-refractivity contribution in [2.45, 2.75) is 18.8 Å². The van der Waals surface area contributed by atoms with Crippen LogP contribution in [-0.2, 0) is 11.2 Å². The quantitative estimate of drug-likeness (QED) is 0.832. The molecule has 1 aliphatic heterocycles. The van der Waals surface area contributed by atoms with Gasteiger partial charge in [-0.1, -0.05) is 48.5 Å². The van der Waals surface area contributed by atoms with Crippen LogP contribution in [0.4, 0.5) is 0 Å². The molecule has 1 heterocycles. The zero-order chi connectivity index (χ0) is 14.1. The number of hydrogen-bond acceptors (Lipinski definition) is 2. The zero-order valence-corrected chi connectivity index (χ0v) is 12.0. The molecule has 0 bridgehead atoms. The van der Waals surface area contributed by atoms with Gasteiger partial charge in [-0.25, -0.2) is 4.99 Å². The highest BCUT2D eigenvalue weighted by Gasteiger charge is 2.38. The summed E-state index contributed by atoms with van der Waals surface area (Å²) in [6, 6.07) is 19.4. The van der Waals surface area contributed by atoms with Crippen molar-refractivity contribution in [2.75, 3.05) is 13.2 Å². The topological polar surface area (TPSA) is 21.6 Å². The molecule has 0 saturated heterocycles. The Morgan fingerprint density at radius 2 is 1.81 bits per heavy atom. The summed E-state index contributed by atoms with van der Waals surface area (Å²) in [6.07, 6.45) is 2.42. The monoisotopic (exact) mass is 277 g/mol. The summed E-state index contributed by atoms with van der Waals surface area (Å²) in [4.78, 5) is 4.47. The van der Waals surface area contributed by atoms with Crippen molar-refractivity contribution in [2.24, 2.45) is 10.9 Å². The summed E-state index contributed by atoms with van der Waals surface area (Å²) in [7, 11) is 0. The van der Waals surface area contributed by atoms with Gasteiger partial charge in [0.1, 0.15) is 6.61 Å². The van der Waals surface area contributed by atoms with Crippen molar-refractivity contribution in [1.29, 1.82) is 0 Å². The summed E-state index contributed by atoms with van der Waals surface area (Å²) < 4.78 is 5.64. The van der Waals surface area contributed by atoms with Gasteiger partial charge in [0.25, 0.3) is 0 Å². The van der Waals surface area contributed by atoms with E-state index in [0.29, 0.717) is 0 Å². The van der Waals surface area contributed by atoms with Gasteiger partial charge in [0, 0.05) is 5.56 Å². The Kier molecular flexibility index (Phi) is 3.23. The van der Waals surface area contributed by atoms with Crippen molar-refractivity contribution in [3.8, 4) is 0 Å². The molecule has 106 valence electrons. The minimum absolute atomic E-state index is 0.722. The smallest absolute Gasteiger partial charge is 0.216 e. The van der Waals surface area contributed by atoms with E-state index >= 15 is 0 Å². The second-order valence-electron chi connectivity index (χ2n) is 5.91. The minimum Gasteiger partial charge on any atom is -0.476 e. The highest BCUT2D eigenvalue weighted by molar-refractivity contribution is 5.96. The van der Waals surface area contributed by atoms with Gasteiger partial charge in [0.05, 0.1) is 6.54 Å². The molecule has 0 unspecified atom stereocenters. The second-order valence-corrected chi connectivity index (χ2v) is 5.91. The maximum atomic E-state index is 5.64. The molecule has 0 N–H and O–H groups in total. The van der Waals surface area contributed by atoms with Crippen LogP contribution in [0.5, 0.6) is 0 Å². The summed E-state index contributed by atoms with van der Waals surface area (Å²) in [5, 5.41) is 0. The predicted octanol–water partition coefficient (Wildman–Crippen LogP) is 3.81. The van der Waals surface area contributed by atoms with Gasteiger partial charge in [-0.3, -0.25) is 0 Å². The fourth-order valence-corrected chi connectivity index (χ4v) is 3.27. The third kappa shape index (κ3) is 2.58. The minimum atomic E-state index is 0.722. The number of hydrogen-bond donors (Lipinski definition) is 0. The summed E-state index contributed by atoms with van der Waals surface area (Å²) in [5.74, 6) is 2.32. The van der Waals surface area contributed by atoms with Crippen LogP contribution in [0.2, 0.25) is 0 Å². The van der Waals surface area contributed by atoms with Crippen LogP contribution in [0.3, 0.4) is 0 Å². The molecule has 0 amide bonds. The van der Waals surface area contributed by atoms with Crippen LogP contribution < -0.4 is 0 Å². The van der Waals surface area contributed by atoms with Crippen molar-refractivity contribution in [3.63, 3.8) is 0 Å². The fraction of sp³-hybridized carbons (Fsp3) is 0.316. The first-order chi connectivity index (χ1) is 10.4. The molecule has 2 aliphatic rings. The summed E-state index contributed by atoms with van der Waals surface area (Å²) in [5.41, 5.74) is 4.05. The Morgan fingerprint density at radius 1 is 1.00 bits per heavy atom. The van der Waals surface area contributed by atoms with Gasteiger partial charge in [-0.15, -0.1) is 0 Å². The van der Waals surface area contributed by atoms with Crippen LogP contribution in [0.1, 0.15) is 29.0 Å². The largest absolute Gasteiger partial charge is 0.476 e. The van der Waals surface area contributed by atoms with Gasteiger partial charge < -0.3 is 4.74 Å². The fourth-order valence-electron chi connectivity index (χ4n) is 3.27. The van der Waals surface area contributed by atoms with Gasteiger partial charge >= 0.3 is 0 Å². The normalized spacial score (nSPS) is 23.5. The molecule has 0 spiro atoms. The molecule has 2 nitrogen and oxygen atoms in total. The van der Waals surface area contributed by atoms with E-state index in [1.54, 1.807) is 0 Å². The number of nitrogens with zero attached hydrogens (tertiary/aromatic N) is 1. The lowest BCUT2D eigenvalue weighted by Crippen LogP contribution is -2.06. The summed E-state index contributed by atoms with van der Waals surface area (Å²) >= 11 is 0. The maximum absolute atomic E-state index is 5.64. The molecule has 1 aliphatic carbocycles. The third-order valence-corrected chi connectivity index (χ3v) is 4.47. The molecule has 0 radical (unpaired) electrons. The van der Waals surface area contributed by atoms with Gasteiger partial charge in [-0.05, 0) is 41.9 Å². The average Bonchev–Trinajstić information content (AvgIpc) is 3.09. The molecule has 2 heteroatoms. The van der Waals surface area contributed by atoms with Crippen LogP contribution in [0, 0.1) is 5.92 Å². The Bertz CT molecular complexity index is 662. The van der Waals surface area contributed by atoms with Crippen LogP contribution >= 0.6 is 0 Å². The van der Waals surface area contributed by atoms with Gasteiger partial charge in [-0.2, -0.15) is 0 Å². The summed E-state index contributed by atoms with van der Waals surface area (Å²) in [6.45, 7) is 1.51. The number of rotatable bonds is 4. The lowest BCUT2D eigenvalue weighted by molar-refractivity contribution is 0.348. The SMILES string of the molecule is c1ccc([C@@H]2C[C@@H]2Cc2ccccc2C2=NCCO2)cc1. The van der Waals surface area contributed by atoms with E-state index in [1.165, 1.54) is 23.1 Å². The van der Waals surface area contributed by atoms with Crippen molar-refractivity contribution < 1.29 is 4.74 Å². The van der Waals surface area contributed by atoms with E-state index in [4.69, 9.17) is 4.74 Å². The Morgan fingerprint density at radius 3 is 2.62 bits per heavy atom. The molecule has 2 atom stereocenters. The first kappa shape index (κ1) is 12.6. The van der Waals surface area contributed by atoms with E-state index < -0.39 is 0 Å². The van der Waals surface area contributed by atoms with Crippen molar-refractivity contribution >= 4 is 5.90 Å². The molecule has 1 fully saturated rings. The van der Waals surface area contributed by atoms with Gasteiger partial charge in [0.15, 0.2) is 0 Å². The third-order valence-electron chi connectivity index (χ3n) is 4.47. The zero-order valence-electron chi connectivity index (χ0n) is 12.0. The first-order valence-electron chi connectivity index (χ1n) is 7.72. The van der Waals surface area contributed by atoms with Crippen LogP contribution in [-0.4, -0.2) is 19.0 Å². The van der Waals surface area contributed by atoms with Crippen LogP contribution in [0.25, 0.3) is 0 Å². The lowest BCUT2D eigenvalue weighted by atomic mass is 9.99. The average molecular weight is 277 g/mol. The Hall–Kier alpha value is -2.09. The molecule has 1 saturated carbocycles. The standard InChI is InChI=1S/C19H19NO/c1-2-6-14(7-3-1)18-13-16(18)12-15-8-4-5-9-17(15)19-20-10-11-21-19/h1-9,16,18H,10-13H2/t16-,18-/m0/s1. The number of benzene rings is 2. The van der Waals surface area contributed by atoms with E-state index in [1.807, 2.05) is 0 Å². The van der Waals surface area contributed by atoms with E-state index in [9.17, 15) is 0 Å². The molecule has 0 aromatic heterocycles. The van der Waals surface area contributed by atoms with Crippen LogP contribution in [0.15, 0.2) is 59.6 Å². The highest BCUT2D eigenvalue weighted by Crippen LogP contribution is 2.49. The molecule has 4 rings (SSSR count). The Labute approximate surface area is 125 Å². The molecule has 21 heavy (non-hydrogen) atoms. The predicted molar refractivity (Wildman–Crippen MR) is 84.8 cm³/mol. The first-order valence-corrected chi connectivity index (χ1v) is 7.72. The molecular formula is C19H19NO.